The lowest BCUT2D eigenvalue weighted by Crippen LogP contribution is -2.55. The Labute approximate surface area is 206 Å². The SMILES string of the molecule is O=C(NCc1ccc(Cl)nc1)c1ccc2n(c1=O)CCN(C(C1CC1)S(=O)(=O)C1(CO)CC1)C2=O. The summed E-state index contributed by atoms with van der Waals surface area (Å²) in [6.07, 6.45) is 3.69. The number of nitrogens with one attached hydrogen (secondary N) is 1. The molecule has 2 aromatic heterocycles. The molecule has 12 heteroatoms. The Kier molecular flexibility index (Phi) is 5.97. The second kappa shape index (κ2) is 8.72. The lowest BCUT2D eigenvalue weighted by molar-refractivity contribution is 0.0655. The van der Waals surface area contributed by atoms with Crippen molar-refractivity contribution in [2.75, 3.05) is 13.2 Å². The largest absolute Gasteiger partial charge is 0.395 e. The fraction of sp³-hybridized carbons (Fsp3) is 0.478. The van der Waals surface area contributed by atoms with Crippen LogP contribution < -0.4 is 10.9 Å². The lowest BCUT2D eigenvalue weighted by Gasteiger charge is -2.37. The van der Waals surface area contributed by atoms with E-state index in [1.54, 1.807) is 12.1 Å². The number of pyridine rings is 2. The second-order valence-electron chi connectivity index (χ2n) is 9.37. The van der Waals surface area contributed by atoms with Gasteiger partial charge in [-0.05, 0) is 55.4 Å². The topological polar surface area (TPSA) is 139 Å². The molecule has 1 atom stereocenters. The summed E-state index contributed by atoms with van der Waals surface area (Å²) >= 11 is 5.76. The fourth-order valence-corrected chi connectivity index (χ4v) is 7.42. The highest BCUT2D eigenvalue weighted by Crippen LogP contribution is 2.50. The Morgan fingerprint density at radius 1 is 1.20 bits per heavy atom. The van der Waals surface area contributed by atoms with Gasteiger partial charge in [0.2, 0.25) is 0 Å². The summed E-state index contributed by atoms with van der Waals surface area (Å²) in [6.45, 7) is -0.201. The zero-order valence-electron chi connectivity index (χ0n) is 18.8. The summed E-state index contributed by atoms with van der Waals surface area (Å²) in [5, 5.41) is 11.7. The minimum Gasteiger partial charge on any atom is -0.395 e. The summed E-state index contributed by atoms with van der Waals surface area (Å²) in [5.74, 6) is -1.31. The normalized spacial score (nSPS) is 19.7. The zero-order valence-corrected chi connectivity index (χ0v) is 20.4. The van der Waals surface area contributed by atoms with E-state index < -0.39 is 43.9 Å². The van der Waals surface area contributed by atoms with E-state index in [-0.39, 0.29) is 36.8 Å². The van der Waals surface area contributed by atoms with Crippen molar-refractivity contribution in [3.63, 3.8) is 0 Å². The third-order valence-corrected chi connectivity index (χ3v) is 10.3. The Hall–Kier alpha value is -2.76. The maximum Gasteiger partial charge on any atom is 0.271 e. The van der Waals surface area contributed by atoms with E-state index in [0.717, 1.165) is 0 Å². The lowest BCUT2D eigenvalue weighted by atomic mass is 10.1. The van der Waals surface area contributed by atoms with E-state index in [2.05, 4.69) is 10.3 Å². The van der Waals surface area contributed by atoms with Crippen molar-refractivity contribution in [2.45, 2.75) is 48.9 Å². The first kappa shape index (κ1) is 24.0. The van der Waals surface area contributed by atoms with Gasteiger partial charge in [0, 0.05) is 25.8 Å². The molecule has 0 saturated heterocycles. The highest BCUT2D eigenvalue weighted by Gasteiger charge is 2.61. The first-order valence-electron chi connectivity index (χ1n) is 11.5. The molecular weight excluding hydrogens is 496 g/mol. The number of aromatic nitrogens is 2. The van der Waals surface area contributed by atoms with Crippen LogP contribution in [0.4, 0.5) is 0 Å². The molecule has 10 nitrogen and oxygen atoms in total. The monoisotopic (exact) mass is 520 g/mol. The standard InChI is InChI=1S/C23H25ClN4O6S/c24-18-6-1-14(11-25-18)12-26-19(30)16-4-5-17-21(32)28(10-9-27(17)20(16)31)22(15-2-3-15)35(33,34)23(13-29)7-8-23/h1,4-6,11,15,22,29H,2-3,7-10,12-13H2,(H,26,30). The highest BCUT2D eigenvalue weighted by molar-refractivity contribution is 7.93. The maximum atomic E-state index is 13.4. The summed E-state index contributed by atoms with van der Waals surface area (Å²) in [7, 11) is -3.79. The van der Waals surface area contributed by atoms with Crippen molar-refractivity contribution in [1.82, 2.24) is 19.8 Å². The Bertz CT molecular complexity index is 1350. The number of halogens is 1. The van der Waals surface area contributed by atoms with Gasteiger partial charge in [0.25, 0.3) is 17.4 Å². The van der Waals surface area contributed by atoms with Gasteiger partial charge in [0.15, 0.2) is 9.84 Å². The highest BCUT2D eigenvalue weighted by atomic mass is 35.5. The molecule has 35 heavy (non-hydrogen) atoms. The average Bonchev–Trinajstić information content (AvgIpc) is 3.75. The van der Waals surface area contributed by atoms with Gasteiger partial charge in [-0.1, -0.05) is 17.7 Å². The number of carbonyl (C=O) groups is 2. The maximum absolute atomic E-state index is 13.4. The first-order chi connectivity index (χ1) is 16.7. The number of fused-ring (bicyclic) bond motifs is 1. The molecule has 0 bridgehead atoms. The molecule has 2 aromatic rings. The van der Waals surface area contributed by atoms with Crippen molar-refractivity contribution in [3.05, 3.63) is 62.8 Å². The first-order valence-corrected chi connectivity index (χ1v) is 13.4. The number of sulfone groups is 1. The fourth-order valence-electron chi connectivity index (χ4n) is 4.63. The van der Waals surface area contributed by atoms with E-state index in [4.69, 9.17) is 11.6 Å². The minimum atomic E-state index is -3.79. The molecule has 1 aliphatic heterocycles. The Balaban J connectivity index is 1.38. The van der Waals surface area contributed by atoms with Crippen LogP contribution in [-0.4, -0.2) is 63.1 Å². The van der Waals surface area contributed by atoms with Gasteiger partial charge in [0.1, 0.15) is 21.8 Å². The summed E-state index contributed by atoms with van der Waals surface area (Å²) in [4.78, 5) is 44.3. The number of aliphatic hydroxyl groups excluding tert-OH is 1. The van der Waals surface area contributed by atoms with Crippen LogP contribution in [0.1, 0.15) is 52.1 Å². The van der Waals surface area contributed by atoms with Crippen molar-refractivity contribution < 1.29 is 23.1 Å². The smallest absolute Gasteiger partial charge is 0.271 e. The Morgan fingerprint density at radius 3 is 2.54 bits per heavy atom. The third-order valence-electron chi connectivity index (χ3n) is 7.05. The molecule has 3 heterocycles. The molecule has 3 aliphatic rings. The molecular formula is C23H25ClN4O6S. The van der Waals surface area contributed by atoms with Crippen molar-refractivity contribution >= 4 is 33.3 Å². The van der Waals surface area contributed by atoms with Gasteiger partial charge in [0.05, 0.1) is 11.4 Å². The molecule has 0 aromatic carbocycles. The quantitative estimate of drug-likeness (QED) is 0.494. The van der Waals surface area contributed by atoms with Gasteiger partial charge in [-0.2, -0.15) is 0 Å². The van der Waals surface area contributed by atoms with Gasteiger partial charge in [-0.25, -0.2) is 13.4 Å². The minimum absolute atomic E-state index is 0.0369. The molecule has 1 unspecified atom stereocenters. The summed E-state index contributed by atoms with van der Waals surface area (Å²) < 4.78 is 26.9. The van der Waals surface area contributed by atoms with Crippen LogP contribution in [0.15, 0.2) is 35.3 Å². The van der Waals surface area contributed by atoms with Crippen molar-refractivity contribution in [3.8, 4) is 0 Å². The average molecular weight is 521 g/mol. The molecule has 186 valence electrons. The zero-order chi connectivity index (χ0) is 25.0. The summed E-state index contributed by atoms with van der Waals surface area (Å²) in [5.41, 5.74) is 0.0345. The van der Waals surface area contributed by atoms with Crippen LogP contribution in [0.3, 0.4) is 0 Å². The number of aliphatic hydroxyl groups is 1. The van der Waals surface area contributed by atoms with E-state index in [1.807, 2.05) is 0 Å². The predicted molar refractivity (Wildman–Crippen MR) is 127 cm³/mol. The number of rotatable bonds is 8. The summed E-state index contributed by atoms with van der Waals surface area (Å²) in [6, 6.07) is 5.98. The number of hydrogen-bond donors (Lipinski definition) is 2. The molecule has 0 radical (unpaired) electrons. The molecule has 2 fully saturated rings. The molecule has 5 rings (SSSR count). The van der Waals surface area contributed by atoms with Crippen molar-refractivity contribution in [1.29, 1.82) is 0 Å². The number of hydrogen-bond acceptors (Lipinski definition) is 7. The van der Waals surface area contributed by atoms with Crippen LogP contribution in [0.5, 0.6) is 0 Å². The van der Waals surface area contributed by atoms with E-state index in [0.29, 0.717) is 36.4 Å². The van der Waals surface area contributed by atoms with E-state index in [1.165, 1.54) is 27.8 Å². The predicted octanol–water partition coefficient (Wildman–Crippen LogP) is 0.958. The van der Waals surface area contributed by atoms with E-state index >= 15 is 0 Å². The van der Waals surface area contributed by atoms with Crippen molar-refractivity contribution in [2.24, 2.45) is 5.92 Å². The van der Waals surface area contributed by atoms with Crippen LogP contribution >= 0.6 is 11.6 Å². The molecule has 2 N–H and O–H groups in total. The molecule has 0 spiro atoms. The Morgan fingerprint density at radius 2 is 1.94 bits per heavy atom. The van der Waals surface area contributed by atoms with Crippen LogP contribution in [0.25, 0.3) is 0 Å². The number of carbonyl (C=O) groups excluding carboxylic acids is 2. The third kappa shape index (κ3) is 4.15. The van der Waals surface area contributed by atoms with Gasteiger partial charge >= 0.3 is 0 Å². The van der Waals surface area contributed by atoms with Crippen LogP contribution in [0, 0.1) is 5.92 Å². The van der Waals surface area contributed by atoms with Gasteiger partial charge < -0.3 is 19.9 Å². The molecule has 2 amide bonds. The molecule has 2 aliphatic carbocycles. The van der Waals surface area contributed by atoms with Crippen LogP contribution in [0.2, 0.25) is 5.15 Å². The van der Waals surface area contributed by atoms with Gasteiger partial charge in [-0.3, -0.25) is 14.4 Å². The van der Waals surface area contributed by atoms with Crippen LogP contribution in [-0.2, 0) is 22.9 Å². The van der Waals surface area contributed by atoms with Gasteiger partial charge in [-0.15, -0.1) is 0 Å². The molecule has 2 saturated carbocycles. The second-order valence-corrected chi connectivity index (χ2v) is 12.2. The number of nitrogens with zero attached hydrogens (tertiary/aromatic N) is 3. The number of amides is 2. The van der Waals surface area contributed by atoms with E-state index in [9.17, 15) is 27.9 Å².